The highest BCUT2D eigenvalue weighted by Gasteiger charge is 2.52. The van der Waals surface area contributed by atoms with Crippen LogP contribution in [0.1, 0.15) is 43.5 Å². The van der Waals surface area contributed by atoms with Crippen LogP contribution in [-0.2, 0) is 12.5 Å². The highest BCUT2D eigenvalue weighted by Crippen LogP contribution is 2.57. The molecule has 1 atom stereocenters. The van der Waals surface area contributed by atoms with E-state index in [2.05, 4.69) is 47.7 Å². The second-order valence-corrected chi connectivity index (χ2v) is 6.32. The van der Waals surface area contributed by atoms with Gasteiger partial charge in [-0.1, -0.05) is 48.9 Å². The number of aryl methyl sites for hydroxylation is 1. The zero-order valence-corrected chi connectivity index (χ0v) is 13.4. The van der Waals surface area contributed by atoms with Gasteiger partial charge in [0.1, 0.15) is 0 Å². The summed E-state index contributed by atoms with van der Waals surface area (Å²) >= 11 is 6.42. The van der Waals surface area contributed by atoms with E-state index in [4.69, 9.17) is 11.6 Å². The maximum absolute atomic E-state index is 6.42. The molecule has 1 fully saturated rings. The van der Waals surface area contributed by atoms with E-state index in [9.17, 15) is 0 Å². The maximum atomic E-state index is 6.42. The molecular formula is C17H22ClN3. The number of aromatic nitrogens is 2. The summed E-state index contributed by atoms with van der Waals surface area (Å²) in [7, 11) is 1.98. The Kier molecular flexibility index (Phi) is 4.05. The van der Waals surface area contributed by atoms with Gasteiger partial charge in [-0.25, -0.2) is 0 Å². The topological polar surface area (TPSA) is 29.9 Å². The molecule has 0 aliphatic heterocycles. The smallest absolute Gasteiger partial charge is 0.0834 e. The first kappa shape index (κ1) is 14.6. The second kappa shape index (κ2) is 5.82. The molecule has 21 heavy (non-hydrogen) atoms. The first-order valence-corrected chi connectivity index (χ1v) is 8.03. The molecule has 112 valence electrons. The number of rotatable bonds is 6. The number of nitrogens with one attached hydrogen (secondary N) is 1. The number of halogens is 1. The van der Waals surface area contributed by atoms with Crippen molar-refractivity contribution in [2.45, 2.75) is 37.6 Å². The van der Waals surface area contributed by atoms with Crippen molar-refractivity contribution in [2.24, 2.45) is 7.05 Å². The monoisotopic (exact) mass is 303 g/mol. The third kappa shape index (κ3) is 2.60. The highest BCUT2D eigenvalue weighted by molar-refractivity contribution is 6.31. The van der Waals surface area contributed by atoms with Crippen LogP contribution in [0.3, 0.4) is 0 Å². The molecule has 1 N–H and O–H groups in total. The van der Waals surface area contributed by atoms with Crippen LogP contribution in [0.4, 0.5) is 0 Å². The number of hydrogen-bond donors (Lipinski definition) is 1. The summed E-state index contributed by atoms with van der Waals surface area (Å²) in [4.78, 5) is 0. The van der Waals surface area contributed by atoms with Gasteiger partial charge in [0.2, 0.25) is 0 Å². The molecule has 3 nitrogen and oxygen atoms in total. The standard InChI is InChI=1S/C17H22ClN3/c1-3-11-19-16(15-14(18)12-20-21(15)2)17(9-10-17)13-7-5-4-6-8-13/h4-8,12,16,19H,3,9-11H2,1-2H3. The van der Waals surface area contributed by atoms with Crippen LogP contribution in [0.2, 0.25) is 5.02 Å². The van der Waals surface area contributed by atoms with Gasteiger partial charge >= 0.3 is 0 Å². The van der Waals surface area contributed by atoms with Gasteiger partial charge in [0.15, 0.2) is 0 Å². The molecule has 1 aliphatic rings. The van der Waals surface area contributed by atoms with E-state index in [1.807, 2.05) is 11.7 Å². The predicted octanol–water partition coefficient (Wildman–Crippen LogP) is 3.85. The lowest BCUT2D eigenvalue weighted by Crippen LogP contribution is -2.34. The Morgan fingerprint density at radius 2 is 2.05 bits per heavy atom. The summed E-state index contributed by atoms with van der Waals surface area (Å²) in [5.74, 6) is 0. The normalized spacial score (nSPS) is 17.7. The summed E-state index contributed by atoms with van der Waals surface area (Å²) in [6, 6.07) is 11.0. The fourth-order valence-corrected chi connectivity index (χ4v) is 3.51. The molecule has 1 aromatic carbocycles. The molecule has 1 aromatic heterocycles. The lowest BCUT2D eigenvalue weighted by molar-refractivity contribution is 0.405. The summed E-state index contributed by atoms with van der Waals surface area (Å²) in [5.41, 5.74) is 2.66. The van der Waals surface area contributed by atoms with Gasteiger partial charge in [-0.15, -0.1) is 0 Å². The van der Waals surface area contributed by atoms with Crippen molar-refractivity contribution in [1.82, 2.24) is 15.1 Å². The molecule has 0 bridgehead atoms. The first-order chi connectivity index (χ1) is 10.2. The van der Waals surface area contributed by atoms with Gasteiger partial charge in [-0.2, -0.15) is 5.10 Å². The van der Waals surface area contributed by atoms with Crippen molar-refractivity contribution in [1.29, 1.82) is 0 Å². The maximum Gasteiger partial charge on any atom is 0.0834 e. The molecule has 0 spiro atoms. The minimum absolute atomic E-state index is 0.161. The quantitative estimate of drug-likeness (QED) is 0.878. The van der Waals surface area contributed by atoms with Crippen LogP contribution < -0.4 is 5.32 Å². The molecule has 0 amide bonds. The SMILES string of the molecule is CCCNC(c1c(Cl)cnn1C)C1(c2ccccc2)CC1. The van der Waals surface area contributed by atoms with Gasteiger partial charge < -0.3 is 5.32 Å². The van der Waals surface area contributed by atoms with E-state index in [0.717, 1.165) is 23.7 Å². The van der Waals surface area contributed by atoms with E-state index in [1.165, 1.54) is 18.4 Å². The summed E-state index contributed by atoms with van der Waals surface area (Å²) < 4.78 is 1.92. The molecule has 1 heterocycles. The van der Waals surface area contributed by atoms with Crippen molar-refractivity contribution in [2.75, 3.05) is 6.54 Å². The average Bonchev–Trinajstić information content (AvgIpc) is 3.25. The molecule has 0 radical (unpaired) electrons. The lowest BCUT2D eigenvalue weighted by atomic mass is 9.86. The lowest BCUT2D eigenvalue weighted by Gasteiger charge is -2.29. The van der Waals surface area contributed by atoms with Gasteiger partial charge in [-0.3, -0.25) is 4.68 Å². The zero-order valence-electron chi connectivity index (χ0n) is 12.6. The summed E-state index contributed by atoms with van der Waals surface area (Å²) in [6.45, 7) is 3.18. The van der Waals surface area contributed by atoms with E-state index < -0.39 is 0 Å². The predicted molar refractivity (Wildman–Crippen MR) is 86.6 cm³/mol. The number of nitrogens with zero attached hydrogens (tertiary/aromatic N) is 2. The molecule has 1 saturated carbocycles. The number of benzene rings is 1. The first-order valence-electron chi connectivity index (χ1n) is 7.65. The van der Waals surface area contributed by atoms with Crippen molar-refractivity contribution in [3.05, 3.63) is 52.8 Å². The Hall–Kier alpha value is -1.32. The van der Waals surface area contributed by atoms with Crippen LogP contribution >= 0.6 is 11.6 Å². The number of hydrogen-bond acceptors (Lipinski definition) is 2. The fraction of sp³-hybridized carbons (Fsp3) is 0.471. The van der Waals surface area contributed by atoms with Crippen LogP contribution in [0.25, 0.3) is 0 Å². The van der Waals surface area contributed by atoms with Crippen molar-refractivity contribution >= 4 is 11.6 Å². The second-order valence-electron chi connectivity index (χ2n) is 5.91. The average molecular weight is 304 g/mol. The molecule has 1 unspecified atom stereocenters. The van der Waals surface area contributed by atoms with Crippen molar-refractivity contribution in [3.8, 4) is 0 Å². The zero-order chi connectivity index (χ0) is 14.9. The molecular weight excluding hydrogens is 282 g/mol. The van der Waals surface area contributed by atoms with E-state index in [0.29, 0.717) is 0 Å². The molecule has 1 aliphatic carbocycles. The Morgan fingerprint density at radius 1 is 1.33 bits per heavy atom. The van der Waals surface area contributed by atoms with Crippen molar-refractivity contribution in [3.63, 3.8) is 0 Å². The van der Waals surface area contributed by atoms with Crippen LogP contribution in [0, 0.1) is 0 Å². The van der Waals surface area contributed by atoms with Crippen LogP contribution in [0.5, 0.6) is 0 Å². The summed E-state index contributed by atoms with van der Waals surface area (Å²) in [5, 5.41) is 8.79. The third-order valence-corrected chi connectivity index (χ3v) is 4.79. The van der Waals surface area contributed by atoms with E-state index in [-0.39, 0.29) is 11.5 Å². The van der Waals surface area contributed by atoms with Gasteiger partial charge in [0, 0.05) is 12.5 Å². The third-order valence-electron chi connectivity index (χ3n) is 4.50. The molecule has 4 heteroatoms. The largest absolute Gasteiger partial charge is 0.308 e. The minimum atomic E-state index is 0.161. The van der Waals surface area contributed by atoms with Gasteiger partial charge in [0.25, 0.3) is 0 Å². The Bertz CT molecular complexity index is 582. The molecule has 2 aromatic rings. The Morgan fingerprint density at radius 3 is 2.57 bits per heavy atom. The van der Waals surface area contributed by atoms with E-state index >= 15 is 0 Å². The Labute approximate surface area is 131 Å². The van der Waals surface area contributed by atoms with Crippen LogP contribution in [-0.4, -0.2) is 16.3 Å². The van der Waals surface area contributed by atoms with Crippen molar-refractivity contribution < 1.29 is 0 Å². The highest BCUT2D eigenvalue weighted by atomic mass is 35.5. The van der Waals surface area contributed by atoms with Gasteiger partial charge in [0.05, 0.1) is 23.0 Å². The Balaban J connectivity index is 2.01. The molecule has 0 saturated heterocycles. The minimum Gasteiger partial charge on any atom is -0.308 e. The summed E-state index contributed by atoms with van der Waals surface area (Å²) in [6.07, 6.45) is 5.25. The van der Waals surface area contributed by atoms with Crippen LogP contribution in [0.15, 0.2) is 36.5 Å². The molecule has 3 rings (SSSR count). The van der Waals surface area contributed by atoms with E-state index in [1.54, 1.807) is 6.20 Å². The fourth-order valence-electron chi connectivity index (χ4n) is 3.24. The van der Waals surface area contributed by atoms with Gasteiger partial charge in [-0.05, 0) is 31.4 Å².